The van der Waals surface area contributed by atoms with Gasteiger partial charge in [-0.15, -0.1) is 0 Å². The van der Waals surface area contributed by atoms with E-state index in [2.05, 4.69) is 26.1 Å². The minimum atomic E-state index is -0.687. The van der Waals surface area contributed by atoms with E-state index in [1.807, 2.05) is 6.92 Å². The summed E-state index contributed by atoms with van der Waals surface area (Å²) in [7, 11) is 1.74. The lowest BCUT2D eigenvalue weighted by Crippen LogP contribution is -2.51. The molecule has 0 spiro atoms. The van der Waals surface area contributed by atoms with Crippen molar-refractivity contribution in [3.8, 4) is 0 Å². The second-order valence-corrected chi connectivity index (χ2v) is 5.18. The minimum Gasteiger partial charge on any atom is -0.462 e. The van der Waals surface area contributed by atoms with Gasteiger partial charge in [0.2, 0.25) is 0 Å². The van der Waals surface area contributed by atoms with Crippen molar-refractivity contribution in [1.82, 2.24) is 5.32 Å². The van der Waals surface area contributed by atoms with Crippen LogP contribution in [0.1, 0.15) is 34.1 Å². The number of aliphatic hydroxyl groups is 1. The Morgan fingerprint density at radius 1 is 1.33 bits per heavy atom. The van der Waals surface area contributed by atoms with Gasteiger partial charge in [0, 0.05) is 0 Å². The van der Waals surface area contributed by atoms with Crippen LogP contribution in [0.3, 0.4) is 0 Å². The van der Waals surface area contributed by atoms with E-state index in [0.717, 1.165) is 0 Å². The van der Waals surface area contributed by atoms with Gasteiger partial charge in [-0.1, -0.05) is 20.8 Å². The van der Waals surface area contributed by atoms with Gasteiger partial charge in [0.25, 0.3) is 0 Å². The number of hydrogen-bond donors (Lipinski definition) is 2. The van der Waals surface area contributed by atoms with Crippen LogP contribution in [0.4, 0.5) is 0 Å². The molecular formula is C11H23NO3. The summed E-state index contributed by atoms with van der Waals surface area (Å²) in [4.78, 5) is 11.7. The van der Waals surface area contributed by atoms with Crippen LogP contribution in [0.15, 0.2) is 0 Å². The van der Waals surface area contributed by atoms with Crippen LogP contribution in [0.5, 0.6) is 0 Å². The Hall–Kier alpha value is -0.610. The molecule has 0 fully saturated rings. The molecule has 90 valence electrons. The molecule has 15 heavy (non-hydrogen) atoms. The predicted octanol–water partition coefficient (Wildman–Crippen LogP) is 0.936. The fraction of sp³-hybridized carbons (Fsp3) is 0.909. The molecule has 0 aromatic heterocycles. The predicted molar refractivity (Wildman–Crippen MR) is 59.6 cm³/mol. The number of rotatable bonds is 5. The van der Waals surface area contributed by atoms with Gasteiger partial charge >= 0.3 is 5.97 Å². The van der Waals surface area contributed by atoms with Gasteiger partial charge in [-0.2, -0.15) is 0 Å². The van der Waals surface area contributed by atoms with Gasteiger partial charge in [0.15, 0.2) is 0 Å². The summed E-state index contributed by atoms with van der Waals surface area (Å²) in [5.41, 5.74) is -0.649. The summed E-state index contributed by atoms with van der Waals surface area (Å²) in [5.74, 6) is -0.311. The number of ether oxygens (including phenoxy) is 1. The molecule has 0 aromatic carbocycles. The summed E-state index contributed by atoms with van der Waals surface area (Å²) >= 11 is 0. The highest BCUT2D eigenvalue weighted by Crippen LogP contribution is 2.27. The lowest BCUT2D eigenvalue weighted by atomic mass is 9.81. The molecule has 0 aromatic rings. The molecule has 0 saturated carbocycles. The molecule has 0 saturated heterocycles. The van der Waals surface area contributed by atoms with Crippen LogP contribution in [0.25, 0.3) is 0 Å². The molecule has 0 amide bonds. The van der Waals surface area contributed by atoms with Crippen LogP contribution in [0, 0.1) is 5.41 Å². The lowest BCUT2D eigenvalue weighted by Gasteiger charge is -2.33. The average Bonchev–Trinajstić information content (AvgIpc) is 2.11. The van der Waals surface area contributed by atoms with Crippen LogP contribution in [-0.2, 0) is 9.53 Å². The van der Waals surface area contributed by atoms with Crippen molar-refractivity contribution in [1.29, 1.82) is 0 Å². The highest BCUT2D eigenvalue weighted by atomic mass is 16.5. The summed E-state index contributed by atoms with van der Waals surface area (Å²) in [6.07, 6.45) is 0.681. The molecule has 1 unspecified atom stereocenters. The van der Waals surface area contributed by atoms with Crippen molar-refractivity contribution in [2.45, 2.75) is 39.7 Å². The SMILES string of the molecule is CNC(C)(CC(C)(C)C)C(=O)OCCO. The molecule has 4 heteroatoms. The Kier molecular flexibility index (Phi) is 5.24. The van der Waals surface area contributed by atoms with Crippen LogP contribution in [-0.4, -0.2) is 36.9 Å². The molecule has 0 bridgehead atoms. The number of hydrogen-bond acceptors (Lipinski definition) is 4. The maximum atomic E-state index is 11.7. The van der Waals surface area contributed by atoms with Crippen molar-refractivity contribution >= 4 is 5.97 Å². The normalized spacial score (nSPS) is 15.9. The number of carbonyl (C=O) groups is 1. The monoisotopic (exact) mass is 217 g/mol. The number of nitrogens with one attached hydrogen (secondary N) is 1. The maximum absolute atomic E-state index is 11.7. The second-order valence-electron chi connectivity index (χ2n) is 5.18. The average molecular weight is 217 g/mol. The highest BCUT2D eigenvalue weighted by molar-refractivity contribution is 5.80. The first-order chi connectivity index (χ1) is 6.75. The van der Waals surface area contributed by atoms with Gasteiger partial charge < -0.3 is 15.2 Å². The summed E-state index contributed by atoms with van der Waals surface area (Å²) in [6.45, 7) is 7.95. The summed E-state index contributed by atoms with van der Waals surface area (Å²) in [6, 6.07) is 0. The van der Waals surface area contributed by atoms with Gasteiger partial charge in [0.05, 0.1) is 6.61 Å². The third-order valence-electron chi connectivity index (χ3n) is 2.21. The van der Waals surface area contributed by atoms with Crippen molar-refractivity contribution in [2.75, 3.05) is 20.3 Å². The fourth-order valence-electron chi connectivity index (χ4n) is 1.62. The quantitative estimate of drug-likeness (QED) is 0.673. The Morgan fingerprint density at radius 3 is 2.20 bits per heavy atom. The first-order valence-electron chi connectivity index (χ1n) is 5.22. The fourth-order valence-corrected chi connectivity index (χ4v) is 1.62. The van der Waals surface area contributed by atoms with E-state index in [0.29, 0.717) is 6.42 Å². The van der Waals surface area contributed by atoms with E-state index < -0.39 is 5.54 Å². The van der Waals surface area contributed by atoms with Crippen LogP contribution in [0.2, 0.25) is 0 Å². The zero-order valence-corrected chi connectivity index (χ0v) is 10.4. The lowest BCUT2D eigenvalue weighted by molar-refractivity contribution is -0.153. The first-order valence-corrected chi connectivity index (χ1v) is 5.22. The Balaban J connectivity index is 4.48. The Morgan fingerprint density at radius 2 is 1.87 bits per heavy atom. The molecular weight excluding hydrogens is 194 g/mol. The number of likely N-dealkylation sites (N-methyl/N-ethyl adjacent to an activating group) is 1. The number of carbonyl (C=O) groups excluding carboxylic acids is 1. The molecule has 0 aliphatic rings. The zero-order chi connectivity index (χ0) is 12.1. The van der Waals surface area contributed by atoms with Crippen LogP contribution < -0.4 is 5.32 Å². The summed E-state index contributed by atoms with van der Waals surface area (Å²) in [5, 5.41) is 11.6. The Labute approximate surface area is 92.0 Å². The van der Waals surface area contributed by atoms with E-state index in [-0.39, 0.29) is 24.6 Å². The van der Waals surface area contributed by atoms with Crippen molar-refractivity contribution in [3.63, 3.8) is 0 Å². The molecule has 1 atom stereocenters. The van der Waals surface area contributed by atoms with Gasteiger partial charge in [-0.3, -0.25) is 4.79 Å². The van der Waals surface area contributed by atoms with Gasteiger partial charge in [0.1, 0.15) is 12.1 Å². The number of esters is 1. The van der Waals surface area contributed by atoms with Gasteiger partial charge in [-0.25, -0.2) is 0 Å². The third kappa shape index (κ3) is 5.14. The molecule has 0 radical (unpaired) electrons. The standard InChI is InChI=1S/C11H23NO3/c1-10(2,3)8-11(4,12-5)9(14)15-7-6-13/h12-13H,6-8H2,1-5H3. The molecule has 0 heterocycles. The van der Waals surface area contributed by atoms with Crippen LogP contribution >= 0.6 is 0 Å². The van der Waals surface area contributed by atoms with Gasteiger partial charge in [-0.05, 0) is 25.8 Å². The van der Waals surface area contributed by atoms with E-state index in [4.69, 9.17) is 9.84 Å². The van der Waals surface area contributed by atoms with E-state index >= 15 is 0 Å². The molecule has 0 rings (SSSR count). The largest absolute Gasteiger partial charge is 0.462 e. The highest BCUT2D eigenvalue weighted by Gasteiger charge is 2.36. The maximum Gasteiger partial charge on any atom is 0.326 e. The zero-order valence-electron chi connectivity index (χ0n) is 10.4. The van der Waals surface area contributed by atoms with Crippen molar-refractivity contribution in [2.24, 2.45) is 5.41 Å². The Bertz CT molecular complexity index is 210. The summed E-state index contributed by atoms with van der Waals surface area (Å²) < 4.78 is 4.94. The first kappa shape index (κ1) is 14.4. The molecule has 4 nitrogen and oxygen atoms in total. The number of aliphatic hydroxyl groups excluding tert-OH is 1. The van der Waals surface area contributed by atoms with E-state index in [1.165, 1.54) is 0 Å². The topological polar surface area (TPSA) is 58.6 Å². The molecule has 0 aliphatic carbocycles. The molecule has 0 aliphatic heterocycles. The van der Waals surface area contributed by atoms with Crippen molar-refractivity contribution < 1.29 is 14.6 Å². The van der Waals surface area contributed by atoms with Crippen molar-refractivity contribution in [3.05, 3.63) is 0 Å². The third-order valence-corrected chi connectivity index (χ3v) is 2.21. The smallest absolute Gasteiger partial charge is 0.326 e. The van der Waals surface area contributed by atoms with E-state index in [9.17, 15) is 4.79 Å². The minimum absolute atomic E-state index is 0.0377. The second kappa shape index (κ2) is 5.47. The molecule has 2 N–H and O–H groups in total. The van der Waals surface area contributed by atoms with E-state index in [1.54, 1.807) is 7.05 Å².